The summed E-state index contributed by atoms with van der Waals surface area (Å²) in [5.41, 5.74) is 6.68. The molecule has 0 radical (unpaired) electrons. The maximum Gasteiger partial charge on any atom is 0.388 e. The summed E-state index contributed by atoms with van der Waals surface area (Å²) in [6.07, 6.45) is 0. The zero-order valence-corrected chi connectivity index (χ0v) is 7.13. The molecule has 0 saturated carbocycles. The number of ether oxygens (including phenoxy) is 1. The lowest BCUT2D eigenvalue weighted by Crippen LogP contribution is -2.06. The smallest absolute Gasteiger partial charge is 0.388 e. The zero-order chi connectivity index (χ0) is 9.84. The van der Waals surface area contributed by atoms with Crippen LogP contribution in [0.1, 0.15) is 11.3 Å². The van der Waals surface area contributed by atoms with Crippen molar-refractivity contribution in [2.75, 3.05) is 0 Å². The molecule has 0 aliphatic carbocycles. The van der Waals surface area contributed by atoms with E-state index in [4.69, 9.17) is 5.73 Å². The van der Waals surface area contributed by atoms with Gasteiger partial charge in [-0.1, -0.05) is 0 Å². The van der Waals surface area contributed by atoms with Crippen LogP contribution in [0, 0.1) is 6.92 Å². The minimum absolute atomic E-state index is 0.0875. The van der Waals surface area contributed by atoms with Crippen LogP contribution in [0.5, 0.6) is 5.88 Å². The van der Waals surface area contributed by atoms with Crippen LogP contribution in [-0.2, 0) is 6.54 Å². The molecule has 0 fully saturated rings. The fraction of sp³-hybridized carbons (Fsp3) is 0.375. The van der Waals surface area contributed by atoms with Crippen LogP contribution in [-0.4, -0.2) is 11.6 Å². The van der Waals surface area contributed by atoms with E-state index in [0.717, 1.165) is 5.56 Å². The number of hydrogen-bond acceptors (Lipinski definition) is 3. The van der Waals surface area contributed by atoms with Gasteiger partial charge in [0.15, 0.2) is 0 Å². The number of pyridine rings is 1. The van der Waals surface area contributed by atoms with E-state index in [-0.39, 0.29) is 12.4 Å². The number of nitrogens with two attached hydrogens (primary N) is 1. The Morgan fingerprint density at radius 3 is 2.77 bits per heavy atom. The standard InChI is InChI=1S/C8H10F2N2O/c1-5-2-6(4-11)3-7(12-5)13-8(9)10/h2-3,8H,4,11H2,1H3. The molecule has 13 heavy (non-hydrogen) atoms. The number of hydrogen-bond donors (Lipinski definition) is 1. The normalized spacial score (nSPS) is 10.5. The molecule has 72 valence electrons. The monoisotopic (exact) mass is 188 g/mol. The van der Waals surface area contributed by atoms with E-state index in [1.807, 2.05) is 0 Å². The summed E-state index contributed by atoms with van der Waals surface area (Å²) in [4.78, 5) is 3.76. The second kappa shape index (κ2) is 4.13. The molecule has 0 aromatic carbocycles. The lowest BCUT2D eigenvalue weighted by Gasteiger charge is -2.05. The average molecular weight is 188 g/mol. The van der Waals surface area contributed by atoms with E-state index in [2.05, 4.69) is 9.72 Å². The number of aryl methyl sites for hydroxylation is 1. The Labute approximate surface area is 74.5 Å². The molecular formula is C8H10F2N2O. The van der Waals surface area contributed by atoms with Gasteiger partial charge in [0, 0.05) is 18.3 Å². The van der Waals surface area contributed by atoms with E-state index < -0.39 is 6.61 Å². The second-order valence-electron chi connectivity index (χ2n) is 2.54. The molecule has 0 unspecified atom stereocenters. The van der Waals surface area contributed by atoms with E-state index in [0.29, 0.717) is 5.69 Å². The van der Waals surface area contributed by atoms with Crippen LogP contribution in [0.3, 0.4) is 0 Å². The summed E-state index contributed by atoms with van der Waals surface area (Å²) in [5, 5.41) is 0. The van der Waals surface area contributed by atoms with Crippen LogP contribution in [0.15, 0.2) is 12.1 Å². The van der Waals surface area contributed by atoms with Crippen molar-refractivity contribution in [1.29, 1.82) is 0 Å². The number of rotatable bonds is 3. The molecule has 0 aliphatic heterocycles. The summed E-state index contributed by atoms with van der Waals surface area (Å²) in [5.74, 6) is -0.0875. The Hall–Kier alpha value is -1.23. The molecule has 1 rings (SSSR count). The van der Waals surface area contributed by atoms with Gasteiger partial charge in [0.1, 0.15) is 0 Å². The van der Waals surface area contributed by atoms with Crippen LogP contribution in [0.25, 0.3) is 0 Å². The second-order valence-corrected chi connectivity index (χ2v) is 2.54. The molecule has 0 amide bonds. The Kier molecular flexibility index (Phi) is 3.13. The minimum atomic E-state index is -2.85. The van der Waals surface area contributed by atoms with Gasteiger partial charge in [-0.25, -0.2) is 4.98 Å². The van der Waals surface area contributed by atoms with Crippen LogP contribution in [0.4, 0.5) is 8.78 Å². The van der Waals surface area contributed by atoms with E-state index in [1.54, 1.807) is 13.0 Å². The predicted octanol–water partition coefficient (Wildman–Crippen LogP) is 1.45. The number of nitrogens with zero attached hydrogens (tertiary/aromatic N) is 1. The van der Waals surface area contributed by atoms with Crippen LogP contribution < -0.4 is 10.5 Å². The predicted molar refractivity (Wildman–Crippen MR) is 43.5 cm³/mol. The summed E-state index contributed by atoms with van der Waals surface area (Å²) in [7, 11) is 0. The highest BCUT2D eigenvalue weighted by Crippen LogP contribution is 2.14. The molecule has 1 aromatic heterocycles. The van der Waals surface area contributed by atoms with E-state index >= 15 is 0 Å². The highest BCUT2D eigenvalue weighted by Gasteiger charge is 2.06. The highest BCUT2D eigenvalue weighted by molar-refractivity contribution is 5.24. The first-order chi connectivity index (χ1) is 6.11. The Morgan fingerprint density at radius 2 is 2.23 bits per heavy atom. The van der Waals surface area contributed by atoms with Gasteiger partial charge in [0.25, 0.3) is 0 Å². The number of aromatic nitrogens is 1. The van der Waals surface area contributed by atoms with E-state index in [1.165, 1.54) is 6.07 Å². The summed E-state index contributed by atoms with van der Waals surface area (Å²) in [6, 6.07) is 3.12. The Bertz CT molecular complexity index is 291. The molecule has 0 atom stereocenters. The first-order valence-corrected chi connectivity index (χ1v) is 3.74. The molecule has 0 spiro atoms. The van der Waals surface area contributed by atoms with Gasteiger partial charge in [-0.15, -0.1) is 0 Å². The van der Waals surface area contributed by atoms with Crippen molar-refractivity contribution in [2.45, 2.75) is 20.1 Å². The Balaban J connectivity index is 2.88. The number of alkyl halides is 2. The van der Waals surface area contributed by atoms with Gasteiger partial charge >= 0.3 is 6.61 Å². The van der Waals surface area contributed by atoms with Crippen LogP contribution in [0.2, 0.25) is 0 Å². The van der Waals surface area contributed by atoms with Gasteiger partial charge in [-0.05, 0) is 18.6 Å². The molecule has 3 nitrogen and oxygen atoms in total. The third-order valence-corrected chi connectivity index (χ3v) is 1.44. The van der Waals surface area contributed by atoms with E-state index in [9.17, 15) is 8.78 Å². The summed E-state index contributed by atoms with van der Waals surface area (Å²) >= 11 is 0. The highest BCUT2D eigenvalue weighted by atomic mass is 19.3. The maximum atomic E-state index is 11.8. The first-order valence-electron chi connectivity index (χ1n) is 3.74. The molecule has 1 heterocycles. The molecule has 2 N–H and O–H groups in total. The van der Waals surface area contributed by atoms with Gasteiger partial charge in [0.05, 0.1) is 0 Å². The van der Waals surface area contributed by atoms with Crippen molar-refractivity contribution in [1.82, 2.24) is 4.98 Å². The molecule has 0 bridgehead atoms. The SMILES string of the molecule is Cc1cc(CN)cc(OC(F)F)n1. The van der Waals surface area contributed by atoms with Crippen molar-refractivity contribution < 1.29 is 13.5 Å². The average Bonchev–Trinajstić information content (AvgIpc) is 2.01. The van der Waals surface area contributed by atoms with Gasteiger partial charge in [-0.2, -0.15) is 8.78 Å². The van der Waals surface area contributed by atoms with Gasteiger partial charge < -0.3 is 10.5 Å². The van der Waals surface area contributed by atoms with Gasteiger partial charge in [0.2, 0.25) is 5.88 Å². The molecule has 0 aliphatic rings. The molecule has 0 saturated heterocycles. The fourth-order valence-electron chi connectivity index (χ4n) is 0.976. The summed E-state index contributed by atoms with van der Waals surface area (Å²) in [6.45, 7) is -0.875. The third kappa shape index (κ3) is 2.95. The molecule has 5 heteroatoms. The maximum absolute atomic E-state index is 11.8. The largest absolute Gasteiger partial charge is 0.417 e. The minimum Gasteiger partial charge on any atom is -0.417 e. The molecular weight excluding hydrogens is 178 g/mol. The van der Waals surface area contributed by atoms with Gasteiger partial charge in [-0.3, -0.25) is 0 Å². The molecule has 1 aromatic rings. The quantitative estimate of drug-likeness (QED) is 0.780. The van der Waals surface area contributed by atoms with Crippen molar-refractivity contribution in [3.8, 4) is 5.88 Å². The third-order valence-electron chi connectivity index (χ3n) is 1.44. The number of halogens is 2. The summed E-state index contributed by atoms with van der Waals surface area (Å²) < 4.78 is 27.7. The first kappa shape index (κ1) is 9.85. The van der Waals surface area contributed by atoms with Crippen molar-refractivity contribution >= 4 is 0 Å². The zero-order valence-electron chi connectivity index (χ0n) is 7.13. The fourth-order valence-corrected chi connectivity index (χ4v) is 0.976. The lowest BCUT2D eigenvalue weighted by molar-refractivity contribution is -0.0529. The topological polar surface area (TPSA) is 48.1 Å². The van der Waals surface area contributed by atoms with Crippen LogP contribution >= 0.6 is 0 Å². The van der Waals surface area contributed by atoms with Crippen molar-refractivity contribution in [3.63, 3.8) is 0 Å². The Morgan fingerprint density at radius 1 is 1.54 bits per heavy atom. The van der Waals surface area contributed by atoms with Crippen molar-refractivity contribution in [3.05, 3.63) is 23.4 Å². The lowest BCUT2D eigenvalue weighted by atomic mass is 10.2. The van der Waals surface area contributed by atoms with Crippen molar-refractivity contribution in [2.24, 2.45) is 5.73 Å².